The fourth-order valence-corrected chi connectivity index (χ4v) is 3.03. The van der Waals surface area contributed by atoms with Gasteiger partial charge in [-0.15, -0.1) is 10.1 Å². The zero-order valence-corrected chi connectivity index (χ0v) is 19.8. The monoisotopic (exact) mass is 476 g/mol. The average molecular weight is 477 g/mol. The van der Waals surface area contributed by atoms with Gasteiger partial charge in [0.2, 0.25) is 0 Å². The van der Waals surface area contributed by atoms with Crippen LogP contribution >= 0.6 is 0 Å². The molecule has 1 amide bonds. The summed E-state index contributed by atoms with van der Waals surface area (Å²) >= 11 is 0. The third-order valence-corrected chi connectivity index (χ3v) is 4.84. The Morgan fingerprint density at radius 2 is 1.55 bits per heavy atom. The minimum absolute atomic E-state index is 0.0291. The van der Waals surface area contributed by atoms with Crippen molar-refractivity contribution in [2.24, 2.45) is 0 Å². The van der Waals surface area contributed by atoms with Crippen LogP contribution < -0.4 is 5.32 Å². The lowest BCUT2D eigenvalue weighted by Crippen LogP contribution is -2.26. The largest absolute Gasteiger partial charge is 0.466 e. The molecule has 11 heteroatoms. The van der Waals surface area contributed by atoms with E-state index < -0.39 is 17.3 Å². The van der Waals surface area contributed by atoms with Gasteiger partial charge in [-0.1, -0.05) is 39.0 Å². The van der Waals surface area contributed by atoms with E-state index in [4.69, 9.17) is 14.2 Å². The second-order valence-corrected chi connectivity index (χ2v) is 7.72. The summed E-state index contributed by atoms with van der Waals surface area (Å²) in [4.78, 5) is 48.4. The lowest BCUT2D eigenvalue weighted by atomic mass is 10.1. The topological polar surface area (TPSA) is 143 Å². The minimum atomic E-state index is -0.811. The number of carbonyl (C=O) groups is 3. The van der Waals surface area contributed by atoms with Crippen molar-refractivity contribution < 1.29 is 38.5 Å². The van der Waals surface area contributed by atoms with Crippen molar-refractivity contribution in [3.63, 3.8) is 0 Å². The molecule has 0 spiro atoms. The molecule has 11 nitrogen and oxygen atoms in total. The fraction of sp³-hybridized carbons (Fsp3) is 0.864. The Bertz CT molecular complexity index is 532. The molecule has 33 heavy (non-hydrogen) atoms. The molecule has 0 radical (unpaired) electrons. The molecule has 1 unspecified atom stereocenters. The molecule has 0 aromatic heterocycles. The van der Waals surface area contributed by atoms with Gasteiger partial charge < -0.3 is 24.4 Å². The number of alkyl carbamates (subject to hydrolysis) is 1. The first-order valence-electron chi connectivity index (χ1n) is 11.9. The van der Waals surface area contributed by atoms with Crippen LogP contribution in [0.3, 0.4) is 0 Å². The van der Waals surface area contributed by atoms with Crippen LogP contribution in [0.15, 0.2) is 0 Å². The van der Waals surface area contributed by atoms with Gasteiger partial charge in [-0.25, -0.2) is 4.79 Å². The normalized spacial score (nSPS) is 11.3. The summed E-state index contributed by atoms with van der Waals surface area (Å²) < 4.78 is 15.2. The number of hydrogen-bond acceptors (Lipinski definition) is 9. The van der Waals surface area contributed by atoms with Gasteiger partial charge in [-0.05, 0) is 44.9 Å². The molecular weight excluding hydrogens is 436 g/mol. The van der Waals surface area contributed by atoms with Crippen LogP contribution in [0, 0.1) is 10.1 Å². The van der Waals surface area contributed by atoms with Gasteiger partial charge in [-0.3, -0.25) is 9.59 Å². The molecule has 0 aliphatic heterocycles. The first-order valence-corrected chi connectivity index (χ1v) is 11.9. The second kappa shape index (κ2) is 22.6. The van der Waals surface area contributed by atoms with Gasteiger partial charge in [0.15, 0.2) is 0 Å². The number of nitrogens with zero attached hydrogens (tertiary/aromatic N) is 1. The van der Waals surface area contributed by atoms with E-state index in [2.05, 4.69) is 17.1 Å². The van der Waals surface area contributed by atoms with Gasteiger partial charge in [-0.2, -0.15) is 0 Å². The first-order chi connectivity index (χ1) is 16.0. The number of carbonyl (C=O) groups excluding carboxylic acids is 3. The van der Waals surface area contributed by atoms with E-state index in [1.807, 2.05) is 0 Å². The van der Waals surface area contributed by atoms with Crippen LogP contribution in [-0.4, -0.2) is 56.1 Å². The summed E-state index contributed by atoms with van der Waals surface area (Å²) in [6.45, 7) is 3.63. The smallest absolute Gasteiger partial charge is 0.407 e. The number of hydrogen-bond donors (Lipinski definition) is 1. The highest BCUT2D eigenvalue weighted by Crippen LogP contribution is 2.10. The predicted octanol–water partition coefficient (Wildman–Crippen LogP) is 4.10. The highest BCUT2D eigenvalue weighted by Gasteiger charge is 2.16. The number of amides is 1. The Balaban J connectivity index is 3.69. The van der Waals surface area contributed by atoms with Crippen molar-refractivity contribution >= 4 is 18.5 Å². The third-order valence-electron chi connectivity index (χ3n) is 4.84. The highest BCUT2D eigenvalue weighted by molar-refractivity contribution is 5.70. The quantitative estimate of drug-likeness (QED) is 0.0575. The van der Waals surface area contributed by atoms with Gasteiger partial charge in [0.05, 0.1) is 26.2 Å². The molecule has 0 bridgehead atoms. The Morgan fingerprint density at radius 1 is 0.909 bits per heavy atom. The molecule has 0 aromatic rings. The molecule has 0 saturated heterocycles. The van der Waals surface area contributed by atoms with E-state index in [1.165, 1.54) is 6.42 Å². The molecule has 0 saturated carbocycles. The molecule has 0 fully saturated rings. The molecule has 1 N–H and O–H groups in total. The molecule has 0 aliphatic rings. The number of rotatable bonds is 23. The van der Waals surface area contributed by atoms with E-state index in [1.54, 1.807) is 0 Å². The zero-order valence-electron chi connectivity index (χ0n) is 19.8. The summed E-state index contributed by atoms with van der Waals surface area (Å²) in [7, 11) is 0. The SMILES string of the molecule is CCCCCCCOC(=O)CC(CCCCNC(=O)OCCCCCCO[N+](=O)[O-])OC=O. The number of nitrogens with one attached hydrogen (secondary N) is 1. The maximum absolute atomic E-state index is 11.9. The fourth-order valence-electron chi connectivity index (χ4n) is 3.03. The van der Waals surface area contributed by atoms with Crippen molar-refractivity contribution in [3.8, 4) is 0 Å². The van der Waals surface area contributed by atoms with Crippen molar-refractivity contribution in [1.29, 1.82) is 0 Å². The standard InChI is InChI=1S/C22H40N2O9/c1-2-3-4-5-10-15-30-21(26)18-20(32-19-25)13-8-9-14-23-22(27)31-16-11-6-7-12-17-33-24(28)29/h19-20H,2-18H2,1H3,(H,23,27). The average Bonchev–Trinajstić information content (AvgIpc) is 2.77. The summed E-state index contributed by atoms with van der Waals surface area (Å²) in [6, 6.07) is 0. The van der Waals surface area contributed by atoms with Gasteiger partial charge in [0.25, 0.3) is 11.6 Å². The summed E-state index contributed by atoms with van der Waals surface area (Å²) in [5.74, 6) is -0.371. The zero-order chi connectivity index (χ0) is 24.6. The first kappa shape index (κ1) is 30.4. The molecule has 0 rings (SSSR count). The predicted molar refractivity (Wildman–Crippen MR) is 120 cm³/mol. The van der Waals surface area contributed by atoms with Crippen molar-refractivity contribution in [1.82, 2.24) is 5.32 Å². The molecule has 0 heterocycles. The minimum Gasteiger partial charge on any atom is -0.466 e. The van der Waals surface area contributed by atoms with Crippen LogP contribution in [0.5, 0.6) is 0 Å². The van der Waals surface area contributed by atoms with Gasteiger partial charge >= 0.3 is 12.1 Å². The van der Waals surface area contributed by atoms with E-state index in [9.17, 15) is 24.5 Å². The van der Waals surface area contributed by atoms with Crippen molar-refractivity contribution in [2.75, 3.05) is 26.4 Å². The van der Waals surface area contributed by atoms with Crippen LogP contribution in [-0.2, 0) is 28.6 Å². The Kier molecular flexibility index (Phi) is 20.8. The van der Waals surface area contributed by atoms with E-state index in [0.29, 0.717) is 51.7 Å². The summed E-state index contributed by atoms with van der Waals surface area (Å²) in [5, 5.41) is 11.8. The van der Waals surface area contributed by atoms with Gasteiger partial charge in [0.1, 0.15) is 6.10 Å². The molecule has 192 valence electrons. The highest BCUT2D eigenvalue weighted by atomic mass is 16.9. The van der Waals surface area contributed by atoms with Crippen molar-refractivity contribution in [2.45, 2.75) is 96.5 Å². The van der Waals surface area contributed by atoms with E-state index in [-0.39, 0.29) is 25.6 Å². The lowest BCUT2D eigenvalue weighted by Gasteiger charge is -2.14. The van der Waals surface area contributed by atoms with Crippen LogP contribution in [0.25, 0.3) is 0 Å². The van der Waals surface area contributed by atoms with Crippen LogP contribution in [0.4, 0.5) is 4.79 Å². The maximum atomic E-state index is 11.9. The van der Waals surface area contributed by atoms with Crippen molar-refractivity contribution in [3.05, 3.63) is 10.1 Å². The lowest BCUT2D eigenvalue weighted by molar-refractivity contribution is -0.757. The molecular formula is C22H40N2O9. The van der Waals surface area contributed by atoms with E-state index >= 15 is 0 Å². The second-order valence-electron chi connectivity index (χ2n) is 7.72. The molecule has 1 atom stereocenters. The summed E-state index contributed by atoms with van der Waals surface area (Å²) in [6.07, 6.45) is 8.96. The number of ether oxygens (including phenoxy) is 3. The molecule has 0 aliphatic carbocycles. The number of esters is 1. The Morgan fingerprint density at radius 3 is 2.18 bits per heavy atom. The van der Waals surface area contributed by atoms with E-state index in [0.717, 1.165) is 38.5 Å². The Labute approximate surface area is 195 Å². The number of unbranched alkanes of at least 4 members (excludes halogenated alkanes) is 8. The molecule has 0 aromatic carbocycles. The summed E-state index contributed by atoms with van der Waals surface area (Å²) in [5.41, 5.74) is 0. The Hall–Kier alpha value is -2.59. The van der Waals surface area contributed by atoms with Gasteiger partial charge in [0, 0.05) is 6.54 Å². The van der Waals surface area contributed by atoms with Crippen LogP contribution in [0.2, 0.25) is 0 Å². The third kappa shape index (κ3) is 22.4. The van der Waals surface area contributed by atoms with Crippen LogP contribution in [0.1, 0.15) is 90.4 Å². The maximum Gasteiger partial charge on any atom is 0.407 e.